The van der Waals surface area contributed by atoms with Crippen molar-refractivity contribution in [2.24, 2.45) is 0 Å². The van der Waals surface area contributed by atoms with Gasteiger partial charge >= 0.3 is 5.97 Å². The van der Waals surface area contributed by atoms with Crippen molar-refractivity contribution in [1.82, 2.24) is 0 Å². The van der Waals surface area contributed by atoms with Crippen molar-refractivity contribution in [2.75, 3.05) is 19.0 Å². The Morgan fingerprint density at radius 2 is 2.12 bits per heavy atom. The molecule has 1 aromatic carbocycles. The Balaban J connectivity index is 2.81. The number of benzene rings is 1. The molecule has 16 heavy (non-hydrogen) atoms. The second-order valence-electron chi connectivity index (χ2n) is 3.73. The molecule has 0 fully saturated rings. The number of aryl methyl sites for hydroxylation is 2. The number of nitrogens with one attached hydrogen (secondary N) is 1. The number of carbonyl (C=O) groups is 1. The number of carboxylic acids is 1. The Kier molecular flexibility index (Phi) is 4.17. The Morgan fingerprint density at radius 3 is 2.69 bits per heavy atom. The number of methoxy groups -OCH3 is 1. The highest BCUT2D eigenvalue weighted by molar-refractivity contribution is 5.68. The first-order valence-electron chi connectivity index (χ1n) is 5.15. The van der Waals surface area contributed by atoms with Crippen molar-refractivity contribution in [3.05, 3.63) is 23.3 Å². The first-order valence-corrected chi connectivity index (χ1v) is 5.15. The van der Waals surface area contributed by atoms with Gasteiger partial charge in [-0.2, -0.15) is 0 Å². The molecule has 0 aromatic heterocycles. The fraction of sp³-hybridized carbons (Fsp3) is 0.417. The summed E-state index contributed by atoms with van der Waals surface area (Å²) in [6.07, 6.45) is 0.0934. The number of hydrogen-bond acceptors (Lipinski definition) is 3. The van der Waals surface area contributed by atoms with Crippen molar-refractivity contribution in [2.45, 2.75) is 20.3 Å². The standard InChI is InChI=1S/C12H17NO3/c1-8-6-9(2)12(16-3)10(7-8)13-5-4-11(14)15/h6-7,13H,4-5H2,1-3H3,(H,14,15). The van der Waals surface area contributed by atoms with Gasteiger partial charge in [0, 0.05) is 6.54 Å². The molecule has 0 aliphatic rings. The van der Waals surface area contributed by atoms with Crippen molar-refractivity contribution in [3.63, 3.8) is 0 Å². The number of carboxylic acid groups (broad SMARTS) is 1. The molecule has 0 saturated carbocycles. The Hall–Kier alpha value is -1.71. The highest BCUT2D eigenvalue weighted by atomic mass is 16.5. The predicted octanol–water partition coefficient (Wildman–Crippen LogP) is 2.20. The van der Waals surface area contributed by atoms with Crippen LogP contribution in [0.15, 0.2) is 12.1 Å². The van der Waals surface area contributed by atoms with E-state index in [9.17, 15) is 4.79 Å². The second kappa shape index (κ2) is 5.39. The minimum atomic E-state index is -0.809. The summed E-state index contributed by atoms with van der Waals surface area (Å²) in [5, 5.41) is 11.6. The van der Waals surface area contributed by atoms with Crippen molar-refractivity contribution in [1.29, 1.82) is 0 Å². The van der Waals surface area contributed by atoms with E-state index in [2.05, 4.69) is 5.32 Å². The molecule has 4 nitrogen and oxygen atoms in total. The molecule has 0 aliphatic carbocycles. The van der Waals surface area contributed by atoms with Crippen LogP contribution in [0.2, 0.25) is 0 Å². The lowest BCUT2D eigenvalue weighted by atomic mass is 10.1. The van der Waals surface area contributed by atoms with E-state index < -0.39 is 5.97 Å². The predicted molar refractivity (Wildman–Crippen MR) is 63.2 cm³/mol. The minimum absolute atomic E-state index is 0.0934. The summed E-state index contributed by atoms with van der Waals surface area (Å²) in [5.74, 6) is -0.0353. The van der Waals surface area contributed by atoms with Gasteiger partial charge in [-0.3, -0.25) is 4.79 Å². The van der Waals surface area contributed by atoms with Gasteiger partial charge < -0.3 is 15.2 Å². The van der Waals surface area contributed by atoms with Crippen LogP contribution < -0.4 is 10.1 Å². The number of hydrogen-bond donors (Lipinski definition) is 2. The molecule has 0 radical (unpaired) electrons. The Labute approximate surface area is 95.2 Å². The Morgan fingerprint density at radius 1 is 1.44 bits per heavy atom. The van der Waals surface area contributed by atoms with Crippen LogP contribution in [0.1, 0.15) is 17.5 Å². The van der Waals surface area contributed by atoms with Gasteiger partial charge in [0.25, 0.3) is 0 Å². The van der Waals surface area contributed by atoms with Crippen molar-refractivity contribution in [3.8, 4) is 5.75 Å². The normalized spacial score (nSPS) is 9.94. The number of aliphatic carboxylic acids is 1. The highest BCUT2D eigenvalue weighted by Gasteiger charge is 2.07. The first kappa shape index (κ1) is 12.4. The third-order valence-corrected chi connectivity index (χ3v) is 2.28. The maximum atomic E-state index is 10.4. The lowest BCUT2D eigenvalue weighted by Crippen LogP contribution is -2.09. The third-order valence-electron chi connectivity index (χ3n) is 2.28. The van der Waals surface area contributed by atoms with Crippen LogP contribution >= 0.6 is 0 Å². The monoisotopic (exact) mass is 223 g/mol. The summed E-state index contributed by atoms with van der Waals surface area (Å²) < 4.78 is 5.28. The largest absolute Gasteiger partial charge is 0.494 e. The van der Waals surface area contributed by atoms with Gasteiger partial charge in [-0.05, 0) is 31.0 Å². The average molecular weight is 223 g/mol. The van der Waals surface area contributed by atoms with Crippen molar-refractivity contribution >= 4 is 11.7 Å². The lowest BCUT2D eigenvalue weighted by Gasteiger charge is -2.13. The topological polar surface area (TPSA) is 58.6 Å². The van der Waals surface area contributed by atoms with E-state index in [4.69, 9.17) is 9.84 Å². The SMILES string of the molecule is COc1c(C)cc(C)cc1NCCC(=O)O. The van der Waals surface area contributed by atoms with Gasteiger partial charge in [0.05, 0.1) is 19.2 Å². The van der Waals surface area contributed by atoms with Crippen LogP contribution in [0.3, 0.4) is 0 Å². The highest BCUT2D eigenvalue weighted by Crippen LogP contribution is 2.29. The summed E-state index contributed by atoms with van der Waals surface area (Å²) in [5.41, 5.74) is 3.01. The molecule has 0 unspecified atom stereocenters. The summed E-state index contributed by atoms with van der Waals surface area (Å²) >= 11 is 0. The van der Waals surface area contributed by atoms with Gasteiger partial charge in [-0.25, -0.2) is 0 Å². The molecule has 0 heterocycles. The lowest BCUT2D eigenvalue weighted by molar-refractivity contribution is -0.136. The van der Waals surface area contributed by atoms with E-state index in [1.807, 2.05) is 26.0 Å². The maximum absolute atomic E-state index is 10.4. The summed E-state index contributed by atoms with van der Waals surface area (Å²) in [4.78, 5) is 10.4. The molecule has 4 heteroatoms. The summed E-state index contributed by atoms with van der Waals surface area (Å²) in [6.45, 7) is 4.36. The quantitative estimate of drug-likeness (QED) is 0.803. The smallest absolute Gasteiger partial charge is 0.305 e. The number of ether oxygens (including phenoxy) is 1. The first-order chi connectivity index (χ1) is 7.54. The van der Waals surface area contributed by atoms with Crippen LogP contribution in [-0.4, -0.2) is 24.7 Å². The van der Waals surface area contributed by atoms with Gasteiger partial charge in [0.1, 0.15) is 5.75 Å². The molecule has 0 saturated heterocycles. The van der Waals surface area contributed by atoms with E-state index >= 15 is 0 Å². The molecule has 0 atom stereocenters. The van der Waals surface area contributed by atoms with Crippen molar-refractivity contribution < 1.29 is 14.6 Å². The van der Waals surface area contributed by atoms with E-state index in [0.29, 0.717) is 6.54 Å². The van der Waals surface area contributed by atoms with Crippen LogP contribution in [0.25, 0.3) is 0 Å². The molecule has 1 rings (SSSR count). The van der Waals surface area contributed by atoms with Gasteiger partial charge in [0.2, 0.25) is 0 Å². The zero-order valence-electron chi connectivity index (χ0n) is 9.83. The van der Waals surface area contributed by atoms with E-state index in [-0.39, 0.29) is 6.42 Å². The molecule has 0 amide bonds. The van der Waals surface area contributed by atoms with Gasteiger partial charge in [-0.1, -0.05) is 6.07 Å². The molecular formula is C12H17NO3. The fourth-order valence-corrected chi connectivity index (χ4v) is 1.66. The van der Waals surface area contributed by atoms with E-state index in [1.54, 1.807) is 7.11 Å². The zero-order valence-corrected chi connectivity index (χ0v) is 9.83. The molecule has 2 N–H and O–H groups in total. The number of anilines is 1. The summed E-state index contributed by atoms with van der Waals surface area (Å²) in [7, 11) is 1.61. The Bertz CT molecular complexity index is 388. The van der Waals surface area contributed by atoms with E-state index in [0.717, 1.165) is 22.6 Å². The van der Waals surface area contributed by atoms with Crippen LogP contribution in [0.5, 0.6) is 5.75 Å². The molecule has 1 aromatic rings. The molecular weight excluding hydrogens is 206 g/mol. The number of rotatable bonds is 5. The molecule has 0 aliphatic heterocycles. The molecule has 0 bridgehead atoms. The van der Waals surface area contributed by atoms with Crippen LogP contribution in [0.4, 0.5) is 5.69 Å². The van der Waals surface area contributed by atoms with Gasteiger partial charge in [0.15, 0.2) is 0 Å². The third kappa shape index (κ3) is 3.15. The van der Waals surface area contributed by atoms with E-state index in [1.165, 1.54) is 0 Å². The average Bonchev–Trinajstić information content (AvgIpc) is 2.16. The van der Waals surface area contributed by atoms with Crippen LogP contribution in [0, 0.1) is 13.8 Å². The molecule has 0 spiro atoms. The zero-order chi connectivity index (χ0) is 12.1. The minimum Gasteiger partial charge on any atom is -0.494 e. The van der Waals surface area contributed by atoms with Crippen LogP contribution in [-0.2, 0) is 4.79 Å². The van der Waals surface area contributed by atoms with Gasteiger partial charge in [-0.15, -0.1) is 0 Å². The molecule has 88 valence electrons. The summed E-state index contributed by atoms with van der Waals surface area (Å²) in [6, 6.07) is 3.98. The maximum Gasteiger partial charge on any atom is 0.305 e. The fourth-order valence-electron chi connectivity index (χ4n) is 1.66. The second-order valence-corrected chi connectivity index (χ2v) is 3.73.